The zero-order valence-electron chi connectivity index (χ0n) is 8.12. The summed E-state index contributed by atoms with van der Waals surface area (Å²) in [5.41, 5.74) is 0. The lowest BCUT2D eigenvalue weighted by Gasteiger charge is -2.12. The maximum atomic E-state index is 11.3. The van der Waals surface area contributed by atoms with Crippen molar-refractivity contribution in [3.63, 3.8) is 0 Å². The van der Waals surface area contributed by atoms with Crippen molar-refractivity contribution in [3.05, 3.63) is 0 Å². The molecule has 0 aromatic rings. The van der Waals surface area contributed by atoms with E-state index in [1.54, 1.807) is 6.92 Å². The van der Waals surface area contributed by atoms with Gasteiger partial charge in [0, 0.05) is 6.54 Å². The Labute approximate surface area is 78.3 Å². The fraction of sp³-hybridized carbons (Fsp3) is 0.889. The van der Waals surface area contributed by atoms with Crippen molar-refractivity contribution in [2.24, 2.45) is 0 Å². The summed E-state index contributed by atoms with van der Waals surface area (Å²) in [5, 5.41) is 11.6. The molecule has 1 heterocycles. The van der Waals surface area contributed by atoms with Crippen LogP contribution in [-0.4, -0.2) is 35.9 Å². The first kappa shape index (κ1) is 10.5. The van der Waals surface area contributed by atoms with Crippen LogP contribution >= 0.6 is 0 Å². The first-order chi connectivity index (χ1) is 6.09. The maximum absolute atomic E-state index is 11.3. The Morgan fingerprint density at radius 1 is 1.69 bits per heavy atom. The molecule has 1 amide bonds. The van der Waals surface area contributed by atoms with Crippen molar-refractivity contribution in [1.82, 2.24) is 5.32 Å². The molecule has 0 bridgehead atoms. The number of carbonyl (C=O) groups is 1. The van der Waals surface area contributed by atoms with E-state index < -0.39 is 6.10 Å². The van der Waals surface area contributed by atoms with E-state index >= 15 is 0 Å². The van der Waals surface area contributed by atoms with Gasteiger partial charge in [-0.2, -0.15) is 0 Å². The highest BCUT2D eigenvalue weighted by atomic mass is 16.5. The number of aliphatic hydroxyl groups is 1. The zero-order valence-corrected chi connectivity index (χ0v) is 8.12. The predicted molar refractivity (Wildman–Crippen MR) is 48.3 cm³/mol. The van der Waals surface area contributed by atoms with Crippen molar-refractivity contribution < 1.29 is 14.6 Å². The van der Waals surface area contributed by atoms with Crippen LogP contribution in [0.15, 0.2) is 0 Å². The van der Waals surface area contributed by atoms with Crippen LogP contribution in [0.2, 0.25) is 0 Å². The highest BCUT2D eigenvalue weighted by Crippen LogP contribution is 2.18. The standard InChI is InChI=1S/C9H17NO3/c1-6(11)5-10-9(12)8-4-3-7(2)13-8/h6-8,11H,3-5H2,1-2H3,(H,10,12)/t6?,7-,8-/m0/s1. The van der Waals surface area contributed by atoms with Gasteiger partial charge < -0.3 is 15.2 Å². The first-order valence-electron chi connectivity index (χ1n) is 4.71. The van der Waals surface area contributed by atoms with Gasteiger partial charge in [0.15, 0.2) is 0 Å². The number of hydrogen-bond donors (Lipinski definition) is 2. The van der Waals surface area contributed by atoms with Gasteiger partial charge in [0.25, 0.3) is 0 Å². The fourth-order valence-corrected chi connectivity index (χ4v) is 1.36. The van der Waals surface area contributed by atoms with Crippen LogP contribution < -0.4 is 5.32 Å². The molecule has 2 N–H and O–H groups in total. The SMILES string of the molecule is CC(O)CNC(=O)[C@@H]1CC[C@H](C)O1. The van der Waals surface area contributed by atoms with E-state index in [0.717, 1.165) is 12.8 Å². The Hall–Kier alpha value is -0.610. The molecule has 76 valence electrons. The quantitative estimate of drug-likeness (QED) is 0.656. The van der Waals surface area contributed by atoms with Crippen molar-refractivity contribution in [3.8, 4) is 0 Å². The van der Waals surface area contributed by atoms with Crippen LogP contribution in [-0.2, 0) is 9.53 Å². The molecule has 3 atom stereocenters. The molecule has 4 heteroatoms. The van der Waals surface area contributed by atoms with E-state index in [1.807, 2.05) is 6.92 Å². The summed E-state index contributed by atoms with van der Waals surface area (Å²) < 4.78 is 5.36. The number of hydrogen-bond acceptors (Lipinski definition) is 3. The third kappa shape index (κ3) is 3.32. The van der Waals surface area contributed by atoms with E-state index in [2.05, 4.69) is 5.32 Å². The molecule has 0 spiro atoms. The van der Waals surface area contributed by atoms with Crippen LogP contribution in [0, 0.1) is 0 Å². The lowest BCUT2D eigenvalue weighted by Crippen LogP contribution is -2.38. The number of rotatable bonds is 3. The van der Waals surface area contributed by atoms with Crippen LogP contribution in [0.25, 0.3) is 0 Å². The minimum Gasteiger partial charge on any atom is -0.392 e. The first-order valence-corrected chi connectivity index (χ1v) is 4.71. The van der Waals surface area contributed by atoms with Gasteiger partial charge in [0.2, 0.25) is 5.91 Å². The maximum Gasteiger partial charge on any atom is 0.249 e. The van der Waals surface area contributed by atoms with E-state index in [9.17, 15) is 4.79 Å². The van der Waals surface area contributed by atoms with Gasteiger partial charge in [0.05, 0.1) is 12.2 Å². The second-order valence-electron chi connectivity index (χ2n) is 3.61. The van der Waals surface area contributed by atoms with Crippen LogP contribution in [0.1, 0.15) is 26.7 Å². The monoisotopic (exact) mass is 187 g/mol. The molecule has 0 aromatic carbocycles. The molecule has 0 saturated carbocycles. The van der Waals surface area contributed by atoms with Crippen molar-refractivity contribution in [2.45, 2.75) is 45.0 Å². The van der Waals surface area contributed by atoms with Gasteiger partial charge >= 0.3 is 0 Å². The smallest absolute Gasteiger partial charge is 0.249 e. The Balaban J connectivity index is 2.24. The molecule has 13 heavy (non-hydrogen) atoms. The minimum atomic E-state index is -0.497. The lowest BCUT2D eigenvalue weighted by atomic mass is 10.2. The molecule has 0 radical (unpaired) electrons. The van der Waals surface area contributed by atoms with Gasteiger partial charge in [-0.05, 0) is 26.7 Å². The van der Waals surface area contributed by atoms with Gasteiger partial charge in [-0.15, -0.1) is 0 Å². The third-order valence-electron chi connectivity index (χ3n) is 2.10. The molecule has 1 rings (SSSR count). The fourth-order valence-electron chi connectivity index (χ4n) is 1.36. The molecule has 4 nitrogen and oxygen atoms in total. The summed E-state index contributed by atoms with van der Waals surface area (Å²) in [4.78, 5) is 11.3. The summed E-state index contributed by atoms with van der Waals surface area (Å²) in [5.74, 6) is -0.106. The number of ether oxygens (including phenoxy) is 1. The molecule has 1 unspecified atom stereocenters. The van der Waals surface area contributed by atoms with Gasteiger partial charge in [-0.3, -0.25) is 4.79 Å². The number of aliphatic hydroxyl groups excluding tert-OH is 1. The minimum absolute atomic E-state index is 0.106. The average molecular weight is 187 g/mol. The van der Waals surface area contributed by atoms with Crippen molar-refractivity contribution in [2.75, 3.05) is 6.54 Å². The highest BCUT2D eigenvalue weighted by molar-refractivity contribution is 5.81. The Morgan fingerprint density at radius 3 is 2.85 bits per heavy atom. The number of amides is 1. The highest BCUT2D eigenvalue weighted by Gasteiger charge is 2.27. The summed E-state index contributed by atoms with van der Waals surface area (Å²) in [7, 11) is 0. The molecule has 0 aliphatic carbocycles. The topological polar surface area (TPSA) is 58.6 Å². The summed E-state index contributed by atoms with van der Waals surface area (Å²) in [6, 6.07) is 0. The van der Waals surface area contributed by atoms with Gasteiger partial charge in [-0.25, -0.2) is 0 Å². The largest absolute Gasteiger partial charge is 0.392 e. The van der Waals surface area contributed by atoms with E-state index in [4.69, 9.17) is 9.84 Å². The molecule has 1 aliphatic heterocycles. The molecule has 1 aliphatic rings. The van der Waals surface area contributed by atoms with Crippen molar-refractivity contribution >= 4 is 5.91 Å². The lowest BCUT2D eigenvalue weighted by molar-refractivity contribution is -0.132. The molecule has 0 aromatic heterocycles. The van der Waals surface area contributed by atoms with Crippen LogP contribution in [0.4, 0.5) is 0 Å². The number of carbonyl (C=O) groups excluding carboxylic acids is 1. The third-order valence-corrected chi connectivity index (χ3v) is 2.10. The second-order valence-corrected chi connectivity index (χ2v) is 3.61. The Bertz CT molecular complexity index is 182. The second kappa shape index (κ2) is 4.58. The molecule has 1 fully saturated rings. The van der Waals surface area contributed by atoms with E-state index in [-0.39, 0.29) is 18.1 Å². The van der Waals surface area contributed by atoms with E-state index in [0.29, 0.717) is 6.54 Å². The Morgan fingerprint density at radius 2 is 2.38 bits per heavy atom. The zero-order chi connectivity index (χ0) is 9.84. The van der Waals surface area contributed by atoms with Gasteiger partial charge in [-0.1, -0.05) is 0 Å². The summed E-state index contributed by atoms with van der Waals surface area (Å²) in [6.45, 7) is 3.90. The summed E-state index contributed by atoms with van der Waals surface area (Å²) in [6.07, 6.45) is 1.10. The van der Waals surface area contributed by atoms with E-state index in [1.165, 1.54) is 0 Å². The normalized spacial score (nSPS) is 30.1. The molecular weight excluding hydrogens is 170 g/mol. The van der Waals surface area contributed by atoms with Gasteiger partial charge in [0.1, 0.15) is 6.10 Å². The Kier molecular flexibility index (Phi) is 3.69. The predicted octanol–water partition coefficient (Wildman–Crippen LogP) is 0.0509. The summed E-state index contributed by atoms with van der Waals surface area (Å²) >= 11 is 0. The average Bonchev–Trinajstić information content (AvgIpc) is 2.47. The number of nitrogens with one attached hydrogen (secondary N) is 1. The van der Waals surface area contributed by atoms with Crippen LogP contribution in [0.5, 0.6) is 0 Å². The molecule has 1 saturated heterocycles. The molecular formula is C9H17NO3. The van der Waals surface area contributed by atoms with Crippen LogP contribution in [0.3, 0.4) is 0 Å². The van der Waals surface area contributed by atoms with Crippen molar-refractivity contribution in [1.29, 1.82) is 0 Å².